The summed E-state index contributed by atoms with van der Waals surface area (Å²) in [7, 11) is 3.04. The van der Waals surface area contributed by atoms with Crippen LogP contribution in [0, 0.1) is 12.7 Å². The van der Waals surface area contributed by atoms with Gasteiger partial charge in [-0.25, -0.2) is 9.37 Å². The Kier molecular flexibility index (Phi) is 5.91. The number of aromatic nitrogens is 2. The molecular weight excluding hydrogens is 433 g/mol. The van der Waals surface area contributed by atoms with Crippen LogP contribution in [0.25, 0.3) is 10.2 Å². The number of hydrogen-bond donors (Lipinski definition) is 1. The first kappa shape index (κ1) is 21.5. The standard InChI is InChI=1S/C23H20FN3O4S/c1-13-19-22(25-12-27(23(19)29)11-14-6-4-5-7-16(14)24)32-20(13)21(28)26-15-8-9-17(30-2)18(10-15)31-3/h4-10,12H,11H2,1-3H3,(H,26,28). The zero-order valence-electron chi connectivity index (χ0n) is 17.6. The van der Waals surface area contributed by atoms with Crippen LogP contribution in [0.1, 0.15) is 20.8 Å². The van der Waals surface area contributed by atoms with Crippen LogP contribution in [0.4, 0.5) is 10.1 Å². The van der Waals surface area contributed by atoms with Crippen LogP contribution in [-0.4, -0.2) is 29.7 Å². The molecule has 0 radical (unpaired) electrons. The molecule has 0 atom stereocenters. The largest absolute Gasteiger partial charge is 0.493 e. The topological polar surface area (TPSA) is 82.5 Å². The van der Waals surface area contributed by atoms with Crippen molar-refractivity contribution >= 4 is 33.1 Å². The lowest BCUT2D eigenvalue weighted by Gasteiger charge is -2.10. The fraction of sp³-hybridized carbons (Fsp3) is 0.174. The lowest BCUT2D eigenvalue weighted by Crippen LogP contribution is -2.21. The summed E-state index contributed by atoms with van der Waals surface area (Å²) in [5.41, 5.74) is 1.12. The molecule has 4 aromatic rings. The van der Waals surface area contributed by atoms with E-state index in [0.29, 0.717) is 43.4 Å². The molecule has 0 unspecified atom stereocenters. The van der Waals surface area contributed by atoms with E-state index in [1.807, 2.05) is 0 Å². The summed E-state index contributed by atoms with van der Waals surface area (Å²) in [6, 6.07) is 11.3. The van der Waals surface area contributed by atoms with E-state index in [9.17, 15) is 14.0 Å². The van der Waals surface area contributed by atoms with Gasteiger partial charge in [-0.2, -0.15) is 0 Å². The molecule has 0 aliphatic carbocycles. The second-order valence-electron chi connectivity index (χ2n) is 7.03. The van der Waals surface area contributed by atoms with Gasteiger partial charge < -0.3 is 14.8 Å². The number of anilines is 1. The molecule has 0 aliphatic heterocycles. The van der Waals surface area contributed by atoms with Crippen LogP contribution < -0.4 is 20.3 Å². The van der Waals surface area contributed by atoms with E-state index >= 15 is 0 Å². The summed E-state index contributed by atoms with van der Waals surface area (Å²) >= 11 is 1.13. The monoisotopic (exact) mass is 453 g/mol. The van der Waals surface area contributed by atoms with Crippen LogP contribution in [0.5, 0.6) is 11.5 Å². The quantitative estimate of drug-likeness (QED) is 0.473. The van der Waals surface area contributed by atoms with Crippen LogP contribution in [-0.2, 0) is 6.54 Å². The van der Waals surface area contributed by atoms with Crippen LogP contribution in [0.2, 0.25) is 0 Å². The molecule has 9 heteroatoms. The van der Waals surface area contributed by atoms with Crippen molar-refractivity contribution in [2.45, 2.75) is 13.5 Å². The van der Waals surface area contributed by atoms with E-state index in [1.165, 1.54) is 31.2 Å². The maximum atomic E-state index is 14.0. The van der Waals surface area contributed by atoms with E-state index < -0.39 is 5.82 Å². The van der Waals surface area contributed by atoms with Gasteiger partial charge in [0.25, 0.3) is 11.5 Å². The number of carbonyl (C=O) groups excluding carboxylic acids is 1. The minimum absolute atomic E-state index is 0.0525. The Morgan fingerprint density at radius 3 is 2.62 bits per heavy atom. The van der Waals surface area contributed by atoms with Crippen molar-refractivity contribution in [2.24, 2.45) is 0 Å². The molecular formula is C23H20FN3O4S. The highest BCUT2D eigenvalue weighted by atomic mass is 32.1. The zero-order valence-corrected chi connectivity index (χ0v) is 18.5. The highest BCUT2D eigenvalue weighted by molar-refractivity contribution is 7.20. The molecule has 2 heterocycles. The van der Waals surface area contributed by atoms with Crippen molar-refractivity contribution in [2.75, 3.05) is 19.5 Å². The number of nitrogens with one attached hydrogen (secondary N) is 1. The molecule has 4 rings (SSSR count). The normalized spacial score (nSPS) is 10.9. The van der Waals surface area contributed by atoms with Gasteiger partial charge in [0, 0.05) is 17.3 Å². The summed E-state index contributed by atoms with van der Waals surface area (Å²) < 4.78 is 25.8. The molecule has 0 saturated heterocycles. The van der Waals surface area contributed by atoms with Gasteiger partial charge in [-0.1, -0.05) is 18.2 Å². The first-order valence-corrected chi connectivity index (χ1v) is 10.5. The Morgan fingerprint density at radius 1 is 1.16 bits per heavy atom. The van der Waals surface area contributed by atoms with Gasteiger partial charge in [0.05, 0.1) is 37.4 Å². The number of rotatable bonds is 6. The third-order valence-electron chi connectivity index (χ3n) is 5.06. The highest BCUT2D eigenvalue weighted by Gasteiger charge is 2.20. The van der Waals surface area contributed by atoms with Gasteiger partial charge in [0.1, 0.15) is 10.6 Å². The SMILES string of the molecule is COc1ccc(NC(=O)c2sc3ncn(Cc4ccccc4F)c(=O)c3c2C)cc1OC. The Morgan fingerprint density at radius 2 is 1.91 bits per heavy atom. The fourth-order valence-electron chi connectivity index (χ4n) is 3.40. The van der Waals surface area contributed by atoms with E-state index in [2.05, 4.69) is 10.3 Å². The number of aryl methyl sites for hydroxylation is 1. The molecule has 1 N–H and O–H groups in total. The molecule has 0 fully saturated rings. The van der Waals surface area contributed by atoms with Crippen molar-refractivity contribution < 1.29 is 18.7 Å². The van der Waals surface area contributed by atoms with Crippen LogP contribution >= 0.6 is 11.3 Å². The number of nitrogens with zero attached hydrogens (tertiary/aromatic N) is 2. The lowest BCUT2D eigenvalue weighted by atomic mass is 10.2. The first-order chi connectivity index (χ1) is 15.4. The summed E-state index contributed by atoms with van der Waals surface area (Å²) in [4.78, 5) is 31.2. The molecule has 2 aromatic carbocycles. The van der Waals surface area contributed by atoms with Crippen LogP contribution in [0.15, 0.2) is 53.6 Å². The Labute approximate surface area is 187 Å². The predicted molar refractivity (Wildman–Crippen MR) is 122 cm³/mol. The maximum absolute atomic E-state index is 14.0. The van der Waals surface area contributed by atoms with E-state index in [4.69, 9.17) is 9.47 Å². The number of thiophene rings is 1. The van der Waals surface area contributed by atoms with E-state index in [1.54, 1.807) is 43.3 Å². The number of amides is 1. The summed E-state index contributed by atoms with van der Waals surface area (Å²) in [5, 5.41) is 3.17. The number of carbonyl (C=O) groups is 1. The van der Waals surface area contributed by atoms with Gasteiger partial charge in [0.15, 0.2) is 11.5 Å². The van der Waals surface area contributed by atoms with E-state index in [-0.39, 0.29) is 18.0 Å². The molecule has 0 spiro atoms. The molecule has 0 saturated carbocycles. The first-order valence-electron chi connectivity index (χ1n) is 9.68. The van der Waals surface area contributed by atoms with Crippen LogP contribution in [0.3, 0.4) is 0 Å². The smallest absolute Gasteiger partial charge is 0.266 e. The van der Waals surface area contributed by atoms with Gasteiger partial charge in [-0.3, -0.25) is 14.2 Å². The molecule has 7 nitrogen and oxygen atoms in total. The number of methoxy groups -OCH3 is 2. The van der Waals surface area contributed by atoms with Crippen molar-refractivity contribution in [1.29, 1.82) is 0 Å². The van der Waals surface area contributed by atoms with E-state index in [0.717, 1.165) is 11.3 Å². The minimum atomic E-state index is -0.392. The van der Waals surface area contributed by atoms with Crippen molar-refractivity contribution in [3.8, 4) is 11.5 Å². The molecule has 1 amide bonds. The fourth-order valence-corrected chi connectivity index (χ4v) is 4.43. The van der Waals surface area contributed by atoms with Crippen molar-refractivity contribution in [3.63, 3.8) is 0 Å². The Balaban J connectivity index is 1.66. The number of ether oxygens (including phenoxy) is 2. The minimum Gasteiger partial charge on any atom is -0.493 e. The second-order valence-corrected chi connectivity index (χ2v) is 8.03. The van der Waals surface area contributed by atoms with Gasteiger partial charge in [-0.15, -0.1) is 11.3 Å². The lowest BCUT2D eigenvalue weighted by molar-refractivity contribution is 0.103. The molecule has 32 heavy (non-hydrogen) atoms. The van der Waals surface area contributed by atoms with Gasteiger partial charge in [-0.05, 0) is 30.7 Å². The molecule has 0 bridgehead atoms. The van der Waals surface area contributed by atoms with Crippen molar-refractivity contribution in [3.05, 3.63) is 81.0 Å². The molecule has 2 aromatic heterocycles. The average molecular weight is 453 g/mol. The predicted octanol–water partition coefficient (Wildman–Crippen LogP) is 4.22. The Hall–Kier alpha value is -3.72. The molecule has 164 valence electrons. The summed E-state index contributed by atoms with van der Waals surface area (Å²) in [6.07, 6.45) is 1.38. The number of fused-ring (bicyclic) bond motifs is 1. The number of halogens is 1. The number of hydrogen-bond acceptors (Lipinski definition) is 6. The zero-order chi connectivity index (χ0) is 22.8. The number of benzene rings is 2. The van der Waals surface area contributed by atoms with Gasteiger partial charge >= 0.3 is 0 Å². The average Bonchev–Trinajstić information content (AvgIpc) is 3.14. The third kappa shape index (κ3) is 3.94. The maximum Gasteiger partial charge on any atom is 0.266 e. The second kappa shape index (κ2) is 8.80. The van der Waals surface area contributed by atoms with Crippen molar-refractivity contribution in [1.82, 2.24) is 9.55 Å². The molecule has 0 aliphatic rings. The third-order valence-corrected chi connectivity index (χ3v) is 6.26. The summed E-state index contributed by atoms with van der Waals surface area (Å²) in [5.74, 6) is 0.272. The summed E-state index contributed by atoms with van der Waals surface area (Å²) in [6.45, 7) is 1.76. The van der Waals surface area contributed by atoms with Gasteiger partial charge in [0.2, 0.25) is 0 Å². The Bertz CT molecular complexity index is 1380. The highest BCUT2D eigenvalue weighted by Crippen LogP contribution is 2.31.